The zero-order valence-electron chi connectivity index (χ0n) is 2.92. The molecule has 4 N–H and O–H groups in total. The van der Waals surface area contributed by atoms with E-state index >= 15 is 0 Å². The van der Waals surface area contributed by atoms with Gasteiger partial charge in [0.05, 0.1) is 0 Å². The minimum atomic E-state index is 0. The molecule has 0 aliphatic heterocycles. The SMILES string of the molecule is NCCN.[Gd]. The smallest absolute Gasteiger partial charge is 0.00461 e. The van der Waals surface area contributed by atoms with Crippen LogP contribution in [0.3, 0.4) is 0 Å². The molecule has 0 aromatic carbocycles. The van der Waals surface area contributed by atoms with Crippen LogP contribution < -0.4 is 11.5 Å². The van der Waals surface area contributed by atoms with Gasteiger partial charge in [-0.1, -0.05) is 0 Å². The van der Waals surface area contributed by atoms with Gasteiger partial charge in [-0.15, -0.1) is 0 Å². The van der Waals surface area contributed by atoms with Gasteiger partial charge < -0.3 is 11.5 Å². The minimum absolute atomic E-state index is 0. The zero-order valence-corrected chi connectivity index (χ0v) is 5.19. The van der Waals surface area contributed by atoms with Gasteiger partial charge in [0.15, 0.2) is 0 Å². The molecule has 0 aromatic rings. The van der Waals surface area contributed by atoms with E-state index in [2.05, 4.69) is 0 Å². The maximum atomic E-state index is 4.90. The molecule has 0 aliphatic carbocycles. The van der Waals surface area contributed by atoms with E-state index in [-0.39, 0.29) is 39.9 Å². The molecule has 0 rings (SSSR count). The van der Waals surface area contributed by atoms with Crippen molar-refractivity contribution in [2.24, 2.45) is 11.5 Å². The van der Waals surface area contributed by atoms with Crippen molar-refractivity contribution in [1.29, 1.82) is 0 Å². The predicted molar refractivity (Wildman–Crippen MR) is 18.1 cm³/mol. The normalized spacial score (nSPS) is 6.00. The van der Waals surface area contributed by atoms with Crippen molar-refractivity contribution in [2.75, 3.05) is 13.1 Å². The Morgan fingerprint density at radius 2 is 1.20 bits per heavy atom. The molecule has 0 atom stereocenters. The monoisotopic (exact) mass is 218 g/mol. The van der Waals surface area contributed by atoms with Gasteiger partial charge in [0.2, 0.25) is 0 Å². The third-order valence-corrected chi connectivity index (χ3v) is 0.167. The van der Waals surface area contributed by atoms with Crippen molar-refractivity contribution >= 4 is 0 Å². The summed E-state index contributed by atoms with van der Waals surface area (Å²) >= 11 is 0. The van der Waals surface area contributed by atoms with E-state index in [1.54, 1.807) is 0 Å². The van der Waals surface area contributed by atoms with Gasteiger partial charge >= 0.3 is 0 Å². The second-order valence-electron chi connectivity index (χ2n) is 0.577. The number of rotatable bonds is 1. The average Bonchev–Trinajstić information content (AvgIpc) is 1.37. The van der Waals surface area contributed by atoms with E-state index in [9.17, 15) is 0 Å². The molecule has 0 amide bonds. The summed E-state index contributed by atoms with van der Waals surface area (Å²) in [5.41, 5.74) is 9.81. The maximum absolute atomic E-state index is 4.90. The molecule has 0 aromatic heterocycles. The third kappa shape index (κ3) is 11.0. The van der Waals surface area contributed by atoms with Gasteiger partial charge in [-0.05, 0) is 0 Å². The topological polar surface area (TPSA) is 52.0 Å². The first-order valence-electron chi connectivity index (χ1n) is 1.32. The predicted octanol–water partition coefficient (Wildman–Crippen LogP) is -1.10. The van der Waals surface area contributed by atoms with Gasteiger partial charge in [-0.3, -0.25) is 0 Å². The van der Waals surface area contributed by atoms with E-state index < -0.39 is 0 Å². The number of nitrogens with two attached hydrogens (primary N) is 2. The summed E-state index contributed by atoms with van der Waals surface area (Å²) in [4.78, 5) is 0. The molecule has 0 fully saturated rings. The zero-order chi connectivity index (χ0) is 3.41. The molecule has 0 spiro atoms. The third-order valence-electron chi connectivity index (χ3n) is 0.167. The largest absolute Gasteiger partial charge is 0.329 e. The summed E-state index contributed by atoms with van der Waals surface area (Å²) in [6.07, 6.45) is 0. The standard InChI is InChI=1S/C2H8N2.Gd/c3-1-2-4;/h1-4H2;. The van der Waals surface area contributed by atoms with Crippen LogP contribution in [0.4, 0.5) is 0 Å². The Morgan fingerprint density at radius 3 is 1.20 bits per heavy atom. The molecule has 3 heteroatoms. The van der Waals surface area contributed by atoms with Crippen LogP contribution in [-0.2, 0) is 0 Å². The van der Waals surface area contributed by atoms with Crippen molar-refractivity contribution < 1.29 is 39.9 Å². The second-order valence-corrected chi connectivity index (χ2v) is 0.577. The van der Waals surface area contributed by atoms with Crippen molar-refractivity contribution in [3.8, 4) is 0 Å². The molecule has 0 bridgehead atoms. The quantitative estimate of drug-likeness (QED) is 0.586. The fraction of sp³-hybridized carbons (Fsp3) is 1.00. The van der Waals surface area contributed by atoms with E-state index in [1.165, 1.54) is 0 Å². The Hall–Kier alpha value is 1.24. The van der Waals surface area contributed by atoms with Gasteiger partial charge in [-0.25, -0.2) is 0 Å². The minimum Gasteiger partial charge on any atom is -0.329 e. The van der Waals surface area contributed by atoms with E-state index in [0.717, 1.165) is 0 Å². The molecule has 0 aliphatic rings. The van der Waals surface area contributed by atoms with Gasteiger partial charge in [0, 0.05) is 53.0 Å². The van der Waals surface area contributed by atoms with Crippen LogP contribution in [0.15, 0.2) is 0 Å². The Balaban J connectivity index is 0. The van der Waals surface area contributed by atoms with Crippen LogP contribution in [-0.4, -0.2) is 13.1 Å². The second kappa shape index (κ2) is 8.98. The van der Waals surface area contributed by atoms with Gasteiger partial charge in [0.25, 0.3) is 0 Å². The van der Waals surface area contributed by atoms with Crippen molar-refractivity contribution in [2.45, 2.75) is 0 Å². The van der Waals surface area contributed by atoms with E-state index in [4.69, 9.17) is 11.5 Å². The van der Waals surface area contributed by atoms with E-state index in [0.29, 0.717) is 13.1 Å². The maximum Gasteiger partial charge on any atom is 0.00461 e. The fourth-order valence-electron chi connectivity index (χ4n) is 0. The summed E-state index contributed by atoms with van der Waals surface area (Å²) in [6.45, 7) is 1.19. The van der Waals surface area contributed by atoms with Crippen LogP contribution in [0.1, 0.15) is 0 Å². The van der Waals surface area contributed by atoms with Crippen LogP contribution in [0.25, 0.3) is 0 Å². The Kier molecular flexibility index (Phi) is 17.1. The van der Waals surface area contributed by atoms with Crippen LogP contribution >= 0.6 is 0 Å². The summed E-state index contributed by atoms with van der Waals surface area (Å²) in [7, 11) is 0. The molecular formula is C2H8GdN2. The van der Waals surface area contributed by atoms with Gasteiger partial charge in [-0.2, -0.15) is 0 Å². The average molecular weight is 217 g/mol. The molecule has 2 nitrogen and oxygen atoms in total. The molecule has 0 saturated carbocycles. The Labute approximate surface area is 64.0 Å². The van der Waals surface area contributed by atoms with Crippen molar-refractivity contribution in [3.05, 3.63) is 0 Å². The first-order chi connectivity index (χ1) is 1.91. The summed E-state index contributed by atoms with van der Waals surface area (Å²) in [5.74, 6) is 0. The molecule has 0 saturated heterocycles. The molecular weight excluding hydrogens is 209 g/mol. The summed E-state index contributed by atoms with van der Waals surface area (Å²) < 4.78 is 0. The van der Waals surface area contributed by atoms with Crippen LogP contribution in [0.5, 0.6) is 0 Å². The molecule has 0 radical (unpaired) electrons. The van der Waals surface area contributed by atoms with Crippen LogP contribution in [0.2, 0.25) is 0 Å². The Bertz CT molecular complexity index is 9.61. The molecule has 0 heterocycles. The summed E-state index contributed by atoms with van der Waals surface area (Å²) in [5, 5.41) is 0. The van der Waals surface area contributed by atoms with Crippen molar-refractivity contribution in [1.82, 2.24) is 0 Å². The first-order valence-corrected chi connectivity index (χ1v) is 1.32. The van der Waals surface area contributed by atoms with E-state index in [1.807, 2.05) is 0 Å². The Morgan fingerprint density at radius 1 is 1.00 bits per heavy atom. The van der Waals surface area contributed by atoms with Gasteiger partial charge in [0.1, 0.15) is 0 Å². The molecule has 0 unspecified atom stereocenters. The first kappa shape index (κ1) is 9.53. The number of hydrogen-bond acceptors (Lipinski definition) is 2. The molecule has 5 heavy (non-hydrogen) atoms. The van der Waals surface area contributed by atoms with Crippen LogP contribution in [0, 0.1) is 39.9 Å². The fourth-order valence-corrected chi connectivity index (χ4v) is 0. The van der Waals surface area contributed by atoms with Crippen molar-refractivity contribution in [3.63, 3.8) is 0 Å². The number of hydrogen-bond donors (Lipinski definition) is 2. The molecule has 34 valence electrons. The summed E-state index contributed by atoms with van der Waals surface area (Å²) in [6, 6.07) is 0.